The van der Waals surface area contributed by atoms with Crippen LogP contribution in [-0.2, 0) is 9.63 Å². The van der Waals surface area contributed by atoms with Crippen molar-refractivity contribution in [1.82, 2.24) is 4.98 Å². The van der Waals surface area contributed by atoms with E-state index < -0.39 is 0 Å². The number of carbonyl (C=O) groups is 1. The molecule has 0 aliphatic carbocycles. The summed E-state index contributed by atoms with van der Waals surface area (Å²) < 4.78 is 0. The minimum absolute atomic E-state index is 0.0224. The molecule has 0 saturated carbocycles. The molecular formula is C12H14N2O2. The van der Waals surface area contributed by atoms with Crippen molar-refractivity contribution in [2.24, 2.45) is 5.16 Å². The molecule has 1 unspecified atom stereocenters. The number of unbranched alkanes of at least 4 members (excludes halogenated alkanes) is 1. The molecule has 84 valence electrons. The predicted molar refractivity (Wildman–Crippen MR) is 60.0 cm³/mol. The van der Waals surface area contributed by atoms with Crippen LogP contribution in [0, 0.1) is 0 Å². The van der Waals surface area contributed by atoms with Crippen molar-refractivity contribution in [3.8, 4) is 0 Å². The summed E-state index contributed by atoms with van der Waals surface area (Å²) in [5.41, 5.74) is 2.15. The van der Waals surface area contributed by atoms with Crippen LogP contribution in [0.2, 0.25) is 0 Å². The lowest BCUT2D eigenvalue weighted by Crippen LogP contribution is -2.00. The van der Waals surface area contributed by atoms with E-state index in [1.54, 1.807) is 12.4 Å². The first-order chi connectivity index (χ1) is 7.90. The van der Waals surface area contributed by atoms with Gasteiger partial charge in [-0.05, 0) is 30.5 Å². The van der Waals surface area contributed by atoms with Crippen molar-refractivity contribution in [3.63, 3.8) is 0 Å². The van der Waals surface area contributed by atoms with Gasteiger partial charge in [-0.1, -0.05) is 5.16 Å². The highest BCUT2D eigenvalue weighted by molar-refractivity contribution is 5.85. The zero-order valence-electron chi connectivity index (χ0n) is 9.00. The molecule has 0 saturated heterocycles. The summed E-state index contributed by atoms with van der Waals surface area (Å²) in [6.07, 6.45) is 7.59. The van der Waals surface area contributed by atoms with E-state index in [1.165, 1.54) is 0 Å². The fourth-order valence-electron chi connectivity index (χ4n) is 1.72. The van der Waals surface area contributed by atoms with Gasteiger partial charge in [0.05, 0.1) is 5.71 Å². The van der Waals surface area contributed by atoms with Crippen molar-refractivity contribution in [2.45, 2.75) is 31.8 Å². The number of hydrogen-bond donors (Lipinski definition) is 0. The third kappa shape index (κ3) is 2.66. The molecule has 0 amide bonds. The van der Waals surface area contributed by atoms with Gasteiger partial charge in [-0.25, -0.2) is 0 Å². The minimum Gasteiger partial charge on any atom is -0.387 e. The quantitative estimate of drug-likeness (QED) is 0.562. The van der Waals surface area contributed by atoms with Crippen LogP contribution in [0.1, 0.15) is 37.4 Å². The fourth-order valence-corrected chi connectivity index (χ4v) is 1.72. The first kappa shape index (κ1) is 10.8. The van der Waals surface area contributed by atoms with Gasteiger partial charge in [0, 0.05) is 25.2 Å². The molecule has 16 heavy (non-hydrogen) atoms. The number of aldehydes is 1. The SMILES string of the molecule is O=CCCCC1=NOC(c2ccncc2)C1. The molecule has 0 aromatic carbocycles. The van der Waals surface area contributed by atoms with Gasteiger partial charge in [0.2, 0.25) is 0 Å². The fraction of sp³-hybridized carbons (Fsp3) is 0.417. The van der Waals surface area contributed by atoms with Crippen LogP contribution < -0.4 is 0 Å². The summed E-state index contributed by atoms with van der Waals surface area (Å²) in [6.45, 7) is 0. The summed E-state index contributed by atoms with van der Waals surface area (Å²) in [7, 11) is 0. The van der Waals surface area contributed by atoms with Gasteiger partial charge in [-0.3, -0.25) is 4.98 Å². The van der Waals surface area contributed by atoms with E-state index in [2.05, 4.69) is 10.1 Å². The summed E-state index contributed by atoms with van der Waals surface area (Å²) in [4.78, 5) is 19.5. The Morgan fingerprint density at radius 1 is 1.44 bits per heavy atom. The van der Waals surface area contributed by atoms with Crippen molar-refractivity contribution < 1.29 is 9.63 Å². The number of carbonyl (C=O) groups excluding carboxylic acids is 1. The first-order valence-corrected chi connectivity index (χ1v) is 5.45. The summed E-state index contributed by atoms with van der Waals surface area (Å²) in [5.74, 6) is 0. The summed E-state index contributed by atoms with van der Waals surface area (Å²) in [5, 5.41) is 4.05. The molecule has 2 rings (SSSR count). The molecule has 1 aromatic heterocycles. The van der Waals surface area contributed by atoms with Crippen molar-refractivity contribution >= 4 is 12.0 Å². The molecule has 1 atom stereocenters. The topological polar surface area (TPSA) is 51.5 Å². The van der Waals surface area contributed by atoms with Gasteiger partial charge in [-0.2, -0.15) is 0 Å². The third-order valence-electron chi connectivity index (χ3n) is 2.60. The predicted octanol–water partition coefficient (Wildman–Crippen LogP) is 2.27. The average molecular weight is 218 g/mol. The second-order valence-corrected chi connectivity index (χ2v) is 3.80. The number of aromatic nitrogens is 1. The largest absolute Gasteiger partial charge is 0.387 e. The van der Waals surface area contributed by atoms with Crippen LogP contribution >= 0.6 is 0 Å². The Labute approximate surface area is 94.3 Å². The molecule has 0 N–H and O–H groups in total. The van der Waals surface area contributed by atoms with Crippen LogP contribution in [0.15, 0.2) is 29.7 Å². The van der Waals surface area contributed by atoms with Gasteiger partial charge in [0.25, 0.3) is 0 Å². The van der Waals surface area contributed by atoms with Crippen molar-refractivity contribution in [2.75, 3.05) is 0 Å². The zero-order valence-corrected chi connectivity index (χ0v) is 9.00. The smallest absolute Gasteiger partial charge is 0.158 e. The molecule has 4 nitrogen and oxygen atoms in total. The van der Waals surface area contributed by atoms with Crippen LogP contribution in [0.4, 0.5) is 0 Å². The molecule has 0 radical (unpaired) electrons. The lowest BCUT2D eigenvalue weighted by molar-refractivity contribution is -0.107. The van der Waals surface area contributed by atoms with Gasteiger partial charge >= 0.3 is 0 Å². The van der Waals surface area contributed by atoms with E-state index in [4.69, 9.17) is 4.84 Å². The Hall–Kier alpha value is -1.71. The third-order valence-corrected chi connectivity index (χ3v) is 2.60. The first-order valence-electron chi connectivity index (χ1n) is 5.45. The van der Waals surface area contributed by atoms with E-state index in [-0.39, 0.29) is 6.10 Å². The van der Waals surface area contributed by atoms with Gasteiger partial charge in [0.15, 0.2) is 6.10 Å². The van der Waals surface area contributed by atoms with E-state index in [9.17, 15) is 4.79 Å². The van der Waals surface area contributed by atoms with E-state index in [0.717, 1.165) is 36.8 Å². The maximum atomic E-state index is 10.2. The Bertz CT molecular complexity index is 376. The molecule has 2 heterocycles. The molecule has 1 aromatic rings. The number of oxime groups is 1. The Kier molecular flexibility index (Phi) is 3.64. The van der Waals surface area contributed by atoms with Gasteiger partial charge in [-0.15, -0.1) is 0 Å². The average Bonchev–Trinajstić information content (AvgIpc) is 2.79. The normalized spacial score (nSPS) is 19.0. The number of rotatable bonds is 5. The van der Waals surface area contributed by atoms with Crippen LogP contribution in [-0.4, -0.2) is 17.0 Å². The maximum absolute atomic E-state index is 10.2. The maximum Gasteiger partial charge on any atom is 0.158 e. The number of hydrogen-bond acceptors (Lipinski definition) is 4. The lowest BCUT2D eigenvalue weighted by atomic mass is 10.0. The number of nitrogens with zero attached hydrogens (tertiary/aromatic N) is 2. The Morgan fingerprint density at radius 3 is 3.00 bits per heavy atom. The van der Waals surface area contributed by atoms with E-state index in [1.807, 2.05) is 12.1 Å². The summed E-state index contributed by atoms with van der Waals surface area (Å²) in [6, 6.07) is 3.88. The molecule has 4 heteroatoms. The minimum atomic E-state index is 0.0224. The van der Waals surface area contributed by atoms with Crippen LogP contribution in [0.5, 0.6) is 0 Å². The van der Waals surface area contributed by atoms with Gasteiger partial charge < -0.3 is 9.63 Å². The van der Waals surface area contributed by atoms with E-state index in [0.29, 0.717) is 6.42 Å². The van der Waals surface area contributed by atoms with Crippen LogP contribution in [0.25, 0.3) is 0 Å². The van der Waals surface area contributed by atoms with Crippen LogP contribution in [0.3, 0.4) is 0 Å². The lowest BCUT2D eigenvalue weighted by Gasteiger charge is -2.06. The monoisotopic (exact) mass is 218 g/mol. The second-order valence-electron chi connectivity index (χ2n) is 3.80. The Morgan fingerprint density at radius 2 is 2.25 bits per heavy atom. The zero-order chi connectivity index (χ0) is 11.2. The van der Waals surface area contributed by atoms with Gasteiger partial charge in [0.1, 0.15) is 6.29 Å². The molecule has 0 bridgehead atoms. The molecule has 1 aliphatic heterocycles. The highest BCUT2D eigenvalue weighted by atomic mass is 16.6. The molecular weight excluding hydrogens is 204 g/mol. The highest BCUT2D eigenvalue weighted by Crippen LogP contribution is 2.27. The molecule has 0 spiro atoms. The summed E-state index contributed by atoms with van der Waals surface area (Å²) >= 11 is 0. The molecule has 1 aliphatic rings. The Balaban J connectivity index is 1.84. The van der Waals surface area contributed by atoms with Crippen molar-refractivity contribution in [3.05, 3.63) is 30.1 Å². The molecule has 0 fully saturated rings. The second kappa shape index (κ2) is 5.39. The number of pyridine rings is 1. The van der Waals surface area contributed by atoms with Crippen molar-refractivity contribution in [1.29, 1.82) is 0 Å². The highest BCUT2D eigenvalue weighted by Gasteiger charge is 2.21. The van der Waals surface area contributed by atoms with E-state index >= 15 is 0 Å². The standard InChI is InChI=1S/C12H14N2O2/c15-8-2-1-3-11-9-12(16-14-11)10-4-6-13-7-5-10/h4-8,12H,1-3,9H2.